The molecule has 8 atom stereocenters. The third-order valence-corrected chi connectivity index (χ3v) is 11.6. The van der Waals surface area contributed by atoms with Crippen molar-refractivity contribution in [3.63, 3.8) is 0 Å². The number of nitrogens with two attached hydrogens (primary N) is 1. The molecule has 59 heavy (non-hydrogen) atoms. The summed E-state index contributed by atoms with van der Waals surface area (Å²) in [4.78, 5) is 119. The van der Waals surface area contributed by atoms with Crippen LogP contribution in [0, 0.1) is 23.7 Å². The summed E-state index contributed by atoms with van der Waals surface area (Å²) in [5.74, 6) is -7.73. The molecule has 7 amide bonds. The Morgan fingerprint density at radius 3 is 1.78 bits per heavy atom. The van der Waals surface area contributed by atoms with Crippen LogP contribution in [0.1, 0.15) is 137 Å². The van der Waals surface area contributed by atoms with E-state index in [1.165, 1.54) is 11.8 Å². The van der Waals surface area contributed by atoms with Gasteiger partial charge < -0.3 is 47.4 Å². The second kappa shape index (κ2) is 23.1. The number of carboxylic acid groups (broad SMARTS) is 2. The monoisotopic (exact) mass is 833 g/mol. The maximum Gasteiger partial charge on any atom is 0.326 e. The fraction of sp³-hybridized carbons (Fsp3) is 0.780. The van der Waals surface area contributed by atoms with Crippen molar-refractivity contribution in [3.8, 4) is 0 Å². The van der Waals surface area contributed by atoms with E-state index in [2.05, 4.69) is 26.6 Å². The molecule has 3 rings (SSSR count). The lowest BCUT2D eigenvalue weighted by Crippen LogP contribution is -2.61. The van der Waals surface area contributed by atoms with Crippen LogP contribution in [0.15, 0.2) is 0 Å². The van der Waals surface area contributed by atoms with Gasteiger partial charge in [-0.25, -0.2) is 4.79 Å². The molecule has 0 bridgehead atoms. The number of nitrogens with zero attached hydrogens (tertiary/aromatic N) is 1. The van der Waals surface area contributed by atoms with E-state index in [0.29, 0.717) is 12.8 Å². The van der Waals surface area contributed by atoms with Crippen LogP contribution in [0.2, 0.25) is 0 Å². The minimum Gasteiger partial charge on any atom is -0.481 e. The van der Waals surface area contributed by atoms with Crippen molar-refractivity contribution in [2.24, 2.45) is 29.4 Å². The lowest BCUT2D eigenvalue weighted by atomic mass is 9.84. The molecule has 2 aliphatic carbocycles. The summed E-state index contributed by atoms with van der Waals surface area (Å²) >= 11 is 0. The van der Waals surface area contributed by atoms with Gasteiger partial charge in [-0.15, -0.1) is 0 Å². The molecule has 9 N–H and O–H groups in total. The van der Waals surface area contributed by atoms with Crippen molar-refractivity contribution in [1.29, 1.82) is 0 Å². The molecule has 1 saturated heterocycles. The van der Waals surface area contributed by atoms with Gasteiger partial charge in [0.2, 0.25) is 41.4 Å². The van der Waals surface area contributed by atoms with Gasteiger partial charge in [0.1, 0.15) is 36.3 Å². The van der Waals surface area contributed by atoms with Gasteiger partial charge in [0.05, 0.1) is 6.42 Å². The first kappa shape index (κ1) is 48.6. The van der Waals surface area contributed by atoms with Gasteiger partial charge in [0, 0.05) is 19.4 Å². The number of aliphatic carboxylic acids is 2. The molecular formula is C41H67N7O11. The van der Waals surface area contributed by atoms with Crippen molar-refractivity contribution < 1.29 is 53.4 Å². The van der Waals surface area contributed by atoms with E-state index < -0.39 is 96.0 Å². The first-order valence-corrected chi connectivity index (χ1v) is 21.3. The Labute approximate surface area is 346 Å². The van der Waals surface area contributed by atoms with Crippen molar-refractivity contribution >= 4 is 53.3 Å². The van der Waals surface area contributed by atoms with E-state index in [0.717, 1.165) is 51.4 Å². The number of carboxylic acids is 2. The lowest BCUT2D eigenvalue weighted by molar-refractivity contribution is -0.147. The summed E-state index contributed by atoms with van der Waals surface area (Å²) in [5.41, 5.74) is 5.28. The van der Waals surface area contributed by atoms with Crippen LogP contribution in [-0.2, 0) is 43.2 Å². The predicted octanol–water partition coefficient (Wildman–Crippen LogP) is 1.48. The van der Waals surface area contributed by atoms with Crippen molar-refractivity contribution in [1.82, 2.24) is 31.5 Å². The summed E-state index contributed by atoms with van der Waals surface area (Å²) in [7, 11) is 0. The van der Waals surface area contributed by atoms with Gasteiger partial charge in [-0.05, 0) is 68.6 Å². The molecule has 1 aliphatic heterocycles. The van der Waals surface area contributed by atoms with Gasteiger partial charge in [-0.1, -0.05) is 72.6 Å². The fourth-order valence-electron chi connectivity index (χ4n) is 8.83. The largest absolute Gasteiger partial charge is 0.481 e. The summed E-state index contributed by atoms with van der Waals surface area (Å²) in [6.07, 6.45) is 7.09. The van der Waals surface area contributed by atoms with Crippen LogP contribution in [-0.4, -0.2) is 111 Å². The first-order chi connectivity index (χ1) is 27.8. The van der Waals surface area contributed by atoms with Gasteiger partial charge >= 0.3 is 11.9 Å². The highest BCUT2D eigenvalue weighted by Gasteiger charge is 2.49. The number of fused-ring (bicyclic) bond motifs is 1. The molecule has 0 aromatic rings. The number of nitrogens with one attached hydrogen (secondary N) is 5. The number of carbonyl (C=O) groups is 9. The lowest BCUT2D eigenvalue weighted by Gasteiger charge is -2.37. The average molecular weight is 834 g/mol. The van der Waals surface area contributed by atoms with E-state index in [9.17, 15) is 53.4 Å². The Kier molecular flexibility index (Phi) is 19.1. The Bertz CT molecular complexity index is 1530. The predicted molar refractivity (Wildman–Crippen MR) is 215 cm³/mol. The Hall–Kier alpha value is -4.77. The maximum atomic E-state index is 14.6. The first-order valence-electron chi connectivity index (χ1n) is 21.3. The standard InChI is InChI=1S/C41H67N7O11/c1-22(2)17-30(40(57)48-32-14-10-9-13-26(32)20-33(48)39(56)47-31(41(58)59)18-23(3)4)46-38(55)29(21-35(51)52)45-37(54)28(19-25-11-7-6-8-12-25)44-36(53)27(43-24(5)49)15-16-34(42)50/h22-23,25-33H,6-21H2,1-5H3,(H2,42,50)(H,43,49)(H,44,53)(H,45,54)(H,46,55)(H,47,56)(H,51,52)(H,58,59)/t26-,27-,28-,29-,30-,31-,32-,33-/m0/s1. The van der Waals surface area contributed by atoms with Gasteiger partial charge in [-0.2, -0.15) is 0 Å². The number of primary amides is 1. The molecule has 0 aromatic heterocycles. The highest BCUT2D eigenvalue weighted by atomic mass is 16.4. The number of likely N-dealkylation sites (tertiary alicyclic amines) is 1. The third kappa shape index (κ3) is 15.4. The zero-order chi connectivity index (χ0) is 44.0. The number of rotatable bonds is 22. The molecule has 3 aliphatic rings. The van der Waals surface area contributed by atoms with Crippen LogP contribution in [0.3, 0.4) is 0 Å². The normalized spacial score (nSPS) is 21.9. The van der Waals surface area contributed by atoms with Crippen LogP contribution in [0.25, 0.3) is 0 Å². The third-order valence-electron chi connectivity index (χ3n) is 11.6. The van der Waals surface area contributed by atoms with E-state index >= 15 is 0 Å². The maximum absolute atomic E-state index is 14.6. The highest BCUT2D eigenvalue weighted by molar-refractivity contribution is 5.98. The molecule has 2 saturated carbocycles. The topological polar surface area (TPSA) is 284 Å². The quantitative estimate of drug-likeness (QED) is 0.0773. The Morgan fingerprint density at radius 2 is 1.20 bits per heavy atom. The molecule has 18 nitrogen and oxygen atoms in total. The Morgan fingerprint density at radius 1 is 0.661 bits per heavy atom. The van der Waals surface area contributed by atoms with Gasteiger partial charge in [-0.3, -0.25) is 38.4 Å². The van der Waals surface area contributed by atoms with Crippen molar-refractivity contribution in [3.05, 3.63) is 0 Å². The average Bonchev–Trinajstić information content (AvgIpc) is 3.54. The van der Waals surface area contributed by atoms with Crippen LogP contribution >= 0.6 is 0 Å². The second-order valence-electron chi connectivity index (χ2n) is 17.5. The minimum atomic E-state index is -1.68. The van der Waals surface area contributed by atoms with Crippen molar-refractivity contribution in [2.75, 3.05) is 0 Å². The molecule has 0 unspecified atom stereocenters. The number of carbonyl (C=O) groups excluding carboxylic acids is 7. The molecule has 0 spiro atoms. The summed E-state index contributed by atoms with van der Waals surface area (Å²) < 4.78 is 0. The molecule has 0 aromatic carbocycles. The van der Waals surface area contributed by atoms with E-state index in [1.807, 2.05) is 27.7 Å². The number of hydrogen-bond acceptors (Lipinski definition) is 9. The molecule has 0 radical (unpaired) electrons. The van der Waals surface area contributed by atoms with Gasteiger partial charge in [0.25, 0.3) is 0 Å². The SMILES string of the molecule is CC(=O)N[C@@H](CCC(N)=O)C(=O)N[C@@H](CC1CCCCC1)C(=O)N[C@@H](CC(=O)O)C(=O)N[C@@H](CC(C)C)C(=O)N1[C@H](C(=O)N[C@@H](CC(C)C)C(=O)O)C[C@@H]2CCCC[C@@H]21. The molecule has 18 heteroatoms. The Balaban J connectivity index is 1.90. The van der Waals surface area contributed by atoms with Crippen LogP contribution in [0.5, 0.6) is 0 Å². The zero-order valence-corrected chi connectivity index (χ0v) is 35.3. The van der Waals surface area contributed by atoms with E-state index in [1.54, 1.807) is 0 Å². The molecule has 332 valence electrons. The summed E-state index contributed by atoms with van der Waals surface area (Å²) in [6, 6.07) is -7.82. The molecule has 1 heterocycles. The molecule has 3 fully saturated rings. The number of amides is 7. The smallest absolute Gasteiger partial charge is 0.326 e. The van der Waals surface area contributed by atoms with Gasteiger partial charge in [0.15, 0.2) is 0 Å². The van der Waals surface area contributed by atoms with E-state index in [4.69, 9.17) is 5.73 Å². The van der Waals surface area contributed by atoms with Crippen LogP contribution in [0.4, 0.5) is 0 Å². The number of hydrogen-bond donors (Lipinski definition) is 8. The fourth-order valence-corrected chi connectivity index (χ4v) is 8.83. The summed E-state index contributed by atoms with van der Waals surface area (Å²) in [5, 5.41) is 32.7. The summed E-state index contributed by atoms with van der Waals surface area (Å²) in [6.45, 7) is 8.54. The van der Waals surface area contributed by atoms with Crippen molar-refractivity contribution in [2.45, 2.75) is 180 Å². The zero-order valence-electron chi connectivity index (χ0n) is 35.3. The van der Waals surface area contributed by atoms with E-state index in [-0.39, 0.29) is 61.8 Å². The molecular weight excluding hydrogens is 766 g/mol. The second-order valence-corrected chi connectivity index (χ2v) is 17.5. The highest BCUT2D eigenvalue weighted by Crippen LogP contribution is 2.40. The van der Waals surface area contributed by atoms with Crippen LogP contribution < -0.4 is 32.3 Å². The minimum absolute atomic E-state index is 0.0105.